The van der Waals surface area contributed by atoms with Gasteiger partial charge in [-0.3, -0.25) is 19.1 Å². The quantitative estimate of drug-likeness (QED) is 0.547. The van der Waals surface area contributed by atoms with Gasteiger partial charge in [0.2, 0.25) is 0 Å². The van der Waals surface area contributed by atoms with Gasteiger partial charge < -0.3 is 9.52 Å². The molecule has 0 spiro atoms. The summed E-state index contributed by atoms with van der Waals surface area (Å²) in [7, 11) is 0. The first-order valence-electron chi connectivity index (χ1n) is 8.33. The van der Waals surface area contributed by atoms with E-state index in [2.05, 4.69) is 9.97 Å². The van der Waals surface area contributed by atoms with Crippen molar-refractivity contribution in [1.29, 1.82) is 0 Å². The number of aromatic nitrogens is 3. The molecule has 8 heteroatoms. The SMILES string of the molecule is O=C(O)CCCn1c(-c2cccnc2)nc2scc(-c3ccco3)c2c1=O. The average molecular weight is 381 g/mol. The molecule has 0 amide bonds. The summed E-state index contributed by atoms with van der Waals surface area (Å²) in [6, 6.07) is 7.16. The number of nitrogens with zero attached hydrogens (tertiary/aromatic N) is 3. The van der Waals surface area contributed by atoms with Gasteiger partial charge in [0.1, 0.15) is 16.4 Å². The van der Waals surface area contributed by atoms with Crippen LogP contribution in [0.2, 0.25) is 0 Å². The largest absolute Gasteiger partial charge is 0.481 e. The third-order valence-electron chi connectivity index (χ3n) is 4.17. The number of hydrogen-bond acceptors (Lipinski definition) is 6. The highest BCUT2D eigenvalue weighted by Crippen LogP contribution is 2.32. The minimum absolute atomic E-state index is 0.0222. The fourth-order valence-corrected chi connectivity index (χ4v) is 3.87. The smallest absolute Gasteiger partial charge is 0.303 e. The van der Waals surface area contributed by atoms with Crippen LogP contribution < -0.4 is 5.56 Å². The predicted octanol–water partition coefficient (Wildman–Crippen LogP) is 3.64. The van der Waals surface area contributed by atoms with Gasteiger partial charge in [-0.05, 0) is 30.7 Å². The summed E-state index contributed by atoms with van der Waals surface area (Å²) in [5.41, 5.74) is 1.19. The summed E-state index contributed by atoms with van der Waals surface area (Å²) >= 11 is 1.37. The zero-order valence-electron chi connectivity index (χ0n) is 14.2. The van der Waals surface area contributed by atoms with Crippen molar-refractivity contribution in [3.8, 4) is 22.7 Å². The van der Waals surface area contributed by atoms with E-state index in [0.717, 1.165) is 0 Å². The second-order valence-corrected chi connectivity index (χ2v) is 6.80. The second-order valence-electron chi connectivity index (χ2n) is 5.94. The number of aliphatic carboxylic acids is 1. The fraction of sp³-hybridized carbons (Fsp3) is 0.158. The minimum Gasteiger partial charge on any atom is -0.481 e. The van der Waals surface area contributed by atoms with Crippen molar-refractivity contribution >= 4 is 27.5 Å². The van der Waals surface area contributed by atoms with E-state index >= 15 is 0 Å². The molecule has 136 valence electrons. The molecule has 0 bridgehead atoms. The fourth-order valence-electron chi connectivity index (χ4n) is 2.95. The molecule has 7 nitrogen and oxygen atoms in total. The molecule has 4 heterocycles. The van der Waals surface area contributed by atoms with Crippen molar-refractivity contribution in [2.45, 2.75) is 19.4 Å². The average Bonchev–Trinajstić information content (AvgIpc) is 3.33. The Balaban J connectivity index is 1.91. The molecule has 4 rings (SSSR count). The lowest BCUT2D eigenvalue weighted by Gasteiger charge is -2.12. The molecule has 0 saturated carbocycles. The molecule has 0 aromatic carbocycles. The van der Waals surface area contributed by atoms with Gasteiger partial charge in [0.15, 0.2) is 0 Å². The van der Waals surface area contributed by atoms with Gasteiger partial charge in [-0.15, -0.1) is 11.3 Å². The van der Waals surface area contributed by atoms with Gasteiger partial charge in [-0.2, -0.15) is 0 Å². The Morgan fingerprint density at radius 3 is 2.89 bits per heavy atom. The van der Waals surface area contributed by atoms with Crippen molar-refractivity contribution in [2.24, 2.45) is 0 Å². The molecular weight excluding hydrogens is 366 g/mol. The van der Waals surface area contributed by atoms with Crippen LogP contribution >= 0.6 is 11.3 Å². The topological polar surface area (TPSA) is 98.2 Å². The molecule has 0 saturated heterocycles. The van der Waals surface area contributed by atoms with E-state index in [1.807, 2.05) is 11.4 Å². The Kier molecular flexibility index (Phi) is 4.55. The molecule has 0 unspecified atom stereocenters. The summed E-state index contributed by atoms with van der Waals surface area (Å²) in [5.74, 6) is 0.192. The van der Waals surface area contributed by atoms with Gasteiger partial charge >= 0.3 is 5.97 Å². The van der Waals surface area contributed by atoms with E-state index in [9.17, 15) is 9.59 Å². The number of carbonyl (C=O) groups is 1. The maximum atomic E-state index is 13.3. The monoisotopic (exact) mass is 381 g/mol. The first-order valence-corrected chi connectivity index (χ1v) is 9.21. The van der Waals surface area contributed by atoms with Gasteiger partial charge in [0, 0.05) is 41.9 Å². The van der Waals surface area contributed by atoms with Gasteiger partial charge in [-0.1, -0.05) is 0 Å². The van der Waals surface area contributed by atoms with Gasteiger partial charge in [0.05, 0.1) is 11.6 Å². The number of hydrogen-bond donors (Lipinski definition) is 1. The van der Waals surface area contributed by atoms with Crippen molar-refractivity contribution in [3.63, 3.8) is 0 Å². The van der Waals surface area contributed by atoms with Gasteiger partial charge in [0.25, 0.3) is 5.56 Å². The van der Waals surface area contributed by atoms with Crippen LogP contribution in [-0.2, 0) is 11.3 Å². The molecule has 27 heavy (non-hydrogen) atoms. The number of carboxylic acids is 1. The summed E-state index contributed by atoms with van der Waals surface area (Å²) in [5, 5.41) is 11.3. The van der Waals surface area contributed by atoms with Crippen molar-refractivity contribution in [1.82, 2.24) is 14.5 Å². The van der Waals surface area contributed by atoms with Gasteiger partial charge in [-0.25, -0.2) is 4.98 Å². The molecule has 0 radical (unpaired) electrons. The number of pyridine rings is 1. The number of furan rings is 1. The number of fused-ring (bicyclic) bond motifs is 1. The first kappa shape index (κ1) is 17.2. The Bertz CT molecular complexity index is 1150. The molecule has 0 aliphatic heterocycles. The standard InChI is InChI=1S/C19H15N3O4S/c23-15(24)6-2-8-22-17(12-4-1-7-20-10-12)21-18-16(19(22)25)13(11-27-18)14-5-3-9-26-14/h1,3-5,7,9-11H,2,6,8H2,(H,23,24). The number of rotatable bonds is 6. The Hall–Kier alpha value is -3.26. The Morgan fingerprint density at radius 2 is 2.19 bits per heavy atom. The van der Waals surface area contributed by atoms with Crippen LogP contribution in [0.15, 0.2) is 57.5 Å². The van der Waals surface area contributed by atoms with Crippen LogP contribution in [0, 0.1) is 0 Å². The lowest BCUT2D eigenvalue weighted by atomic mass is 10.1. The van der Waals surface area contributed by atoms with Crippen molar-refractivity contribution < 1.29 is 14.3 Å². The zero-order valence-corrected chi connectivity index (χ0v) is 15.0. The Morgan fingerprint density at radius 1 is 1.30 bits per heavy atom. The van der Waals surface area contributed by atoms with E-state index in [0.29, 0.717) is 39.3 Å². The third-order valence-corrected chi connectivity index (χ3v) is 5.04. The van der Waals surface area contributed by atoms with Crippen molar-refractivity contribution in [2.75, 3.05) is 0 Å². The molecule has 0 fully saturated rings. The van der Waals surface area contributed by atoms with E-state index in [1.165, 1.54) is 15.9 Å². The summed E-state index contributed by atoms with van der Waals surface area (Å²) in [6.45, 7) is 0.256. The Labute approximate surface area is 157 Å². The first-order chi connectivity index (χ1) is 13.1. The lowest BCUT2D eigenvalue weighted by Crippen LogP contribution is -2.24. The molecule has 0 aliphatic rings. The molecular formula is C19H15N3O4S. The molecule has 0 atom stereocenters. The predicted molar refractivity (Wildman–Crippen MR) is 102 cm³/mol. The highest BCUT2D eigenvalue weighted by atomic mass is 32.1. The van der Waals surface area contributed by atoms with Crippen LogP contribution in [0.3, 0.4) is 0 Å². The van der Waals surface area contributed by atoms with E-state index in [1.54, 1.807) is 36.9 Å². The third kappa shape index (κ3) is 3.26. The second kappa shape index (κ2) is 7.16. The minimum atomic E-state index is -0.896. The maximum Gasteiger partial charge on any atom is 0.303 e. The van der Waals surface area contributed by atoms with Crippen LogP contribution in [0.25, 0.3) is 32.9 Å². The summed E-state index contributed by atoms with van der Waals surface area (Å²) in [6.07, 6.45) is 5.15. The molecule has 0 aliphatic carbocycles. The maximum absolute atomic E-state index is 13.3. The van der Waals surface area contributed by atoms with Crippen molar-refractivity contribution in [3.05, 3.63) is 58.7 Å². The van der Waals surface area contributed by atoms with Crippen LogP contribution in [-0.4, -0.2) is 25.6 Å². The molecule has 1 N–H and O–H groups in total. The summed E-state index contributed by atoms with van der Waals surface area (Å²) < 4.78 is 6.98. The summed E-state index contributed by atoms with van der Waals surface area (Å²) in [4.78, 5) is 33.6. The normalized spacial score (nSPS) is 11.1. The highest BCUT2D eigenvalue weighted by Gasteiger charge is 2.19. The van der Waals surface area contributed by atoms with E-state index < -0.39 is 5.97 Å². The van der Waals surface area contributed by atoms with Crippen LogP contribution in [0.1, 0.15) is 12.8 Å². The lowest BCUT2D eigenvalue weighted by molar-refractivity contribution is -0.137. The van der Waals surface area contributed by atoms with Crippen LogP contribution in [0.5, 0.6) is 0 Å². The molecule has 4 aromatic heterocycles. The highest BCUT2D eigenvalue weighted by molar-refractivity contribution is 7.17. The molecule has 4 aromatic rings. The van der Waals surface area contributed by atoms with E-state index in [-0.39, 0.29) is 18.5 Å². The zero-order chi connectivity index (χ0) is 18.8. The van der Waals surface area contributed by atoms with Crippen LogP contribution in [0.4, 0.5) is 0 Å². The number of thiophene rings is 1. The van der Waals surface area contributed by atoms with E-state index in [4.69, 9.17) is 9.52 Å². The number of carboxylic acid groups (broad SMARTS) is 1.